The highest BCUT2D eigenvalue weighted by Crippen LogP contribution is 2.39. The minimum atomic E-state index is -0.895. The molecular formula is C17H20N2O5. The van der Waals surface area contributed by atoms with Gasteiger partial charge < -0.3 is 20.1 Å². The average molecular weight is 332 g/mol. The van der Waals surface area contributed by atoms with Crippen molar-refractivity contribution in [1.29, 1.82) is 0 Å². The topological polar surface area (TPSA) is 95.9 Å². The number of nitrogens with zero attached hydrogens (tertiary/aromatic N) is 1. The lowest BCUT2D eigenvalue weighted by Gasteiger charge is -2.28. The van der Waals surface area contributed by atoms with E-state index >= 15 is 0 Å². The van der Waals surface area contributed by atoms with Crippen LogP contribution in [0.15, 0.2) is 18.2 Å². The van der Waals surface area contributed by atoms with Gasteiger partial charge in [-0.2, -0.15) is 0 Å². The molecule has 7 nitrogen and oxygen atoms in total. The van der Waals surface area contributed by atoms with Crippen molar-refractivity contribution in [1.82, 2.24) is 4.90 Å². The molecule has 2 N–H and O–H groups in total. The summed E-state index contributed by atoms with van der Waals surface area (Å²) in [6.07, 6.45) is 0.448. The van der Waals surface area contributed by atoms with Gasteiger partial charge in [0.1, 0.15) is 5.75 Å². The van der Waals surface area contributed by atoms with E-state index in [2.05, 4.69) is 5.32 Å². The van der Waals surface area contributed by atoms with Crippen LogP contribution in [-0.2, 0) is 9.59 Å². The number of hydrogen-bond acceptors (Lipinski definition) is 4. The number of carbonyl (C=O) groups excluding carboxylic acids is 2. The molecule has 2 amide bonds. The minimum absolute atomic E-state index is 0.0603. The number of carboxylic acids is 1. The van der Waals surface area contributed by atoms with Gasteiger partial charge in [0.15, 0.2) is 6.61 Å². The van der Waals surface area contributed by atoms with Gasteiger partial charge >= 0.3 is 5.97 Å². The van der Waals surface area contributed by atoms with Crippen LogP contribution in [0.1, 0.15) is 30.6 Å². The highest BCUT2D eigenvalue weighted by atomic mass is 16.5. The maximum absolute atomic E-state index is 12.7. The molecular weight excluding hydrogens is 312 g/mol. The number of anilines is 1. The van der Waals surface area contributed by atoms with Crippen LogP contribution in [0.25, 0.3) is 0 Å². The molecule has 2 aliphatic rings. The van der Waals surface area contributed by atoms with Crippen molar-refractivity contribution >= 4 is 23.5 Å². The molecule has 0 aliphatic carbocycles. The monoisotopic (exact) mass is 332 g/mol. The van der Waals surface area contributed by atoms with Crippen molar-refractivity contribution < 1.29 is 24.2 Å². The standard InChI is InChI=1S/C17H20N2O5/c1-10(2)17(16(22)23)5-6-19(9-17)15(21)11-3-4-12-13(7-11)24-8-14(20)18-12/h3-4,7,10H,5-6,8-9H2,1-2H3,(H,18,20)(H,22,23). The van der Waals surface area contributed by atoms with Crippen LogP contribution in [0, 0.1) is 11.3 Å². The number of nitrogens with one attached hydrogen (secondary N) is 1. The summed E-state index contributed by atoms with van der Waals surface area (Å²) in [5.74, 6) is -0.918. The molecule has 0 bridgehead atoms. The molecule has 1 aromatic carbocycles. The first-order valence-electron chi connectivity index (χ1n) is 7.93. The molecule has 0 aromatic heterocycles. The second-order valence-corrected chi connectivity index (χ2v) is 6.64. The molecule has 2 aliphatic heterocycles. The molecule has 1 aromatic rings. The lowest BCUT2D eigenvalue weighted by molar-refractivity contribution is -0.150. The molecule has 1 unspecified atom stereocenters. The van der Waals surface area contributed by atoms with Crippen molar-refractivity contribution in [3.8, 4) is 5.75 Å². The first-order chi connectivity index (χ1) is 11.3. The Hall–Kier alpha value is -2.57. The second-order valence-electron chi connectivity index (χ2n) is 6.64. The number of rotatable bonds is 3. The maximum atomic E-state index is 12.7. The average Bonchev–Trinajstić information content (AvgIpc) is 3.00. The Morgan fingerprint density at radius 3 is 2.75 bits per heavy atom. The highest BCUT2D eigenvalue weighted by Gasteiger charge is 2.48. The van der Waals surface area contributed by atoms with Crippen LogP contribution in [-0.4, -0.2) is 47.5 Å². The third-order valence-electron chi connectivity index (χ3n) is 4.98. The number of likely N-dealkylation sites (tertiary alicyclic amines) is 1. The lowest BCUT2D eigenvalue weighted by Crippen LogP contribution is -2.40. The fourth-order valence-electron chi connectivity index (χ4n) is 3.29. The second kappa shape index (κ2) is 5.81. The van der Waals surface area contributed by atoms with E-state index in [1.54, 1.807) is 23.1 Å². The fraction of sp³-hybridized carbons (Fsp3) is 0.471. The predicted molar refractivity (Wildman–Crippen MR) is 86.0 cm³/mol. The molecule has 1 atom stereocenters. The van der Waals surface area contributed by atoms with Gasteiger partial charge in [0.05, 0.1) is 11.1 Å². The molecule has 0 radical (unpaired) electrons. The van der Waals surface area contributed by atoms with E-state index in [-0.39, 0.29) is 30.9 Å². The quantitative estimate of drug-likeness (QED) is 0.876. The van der Waals surface area contributed by atoms with E-state index < -0.39 is 11.4 Å². The molecule has 0 saturated carbocycles. The molecule has 24 heavy (non-hydrogen) atoms. The van der Waals surface area contributed by atoms with Crippen LogP contribution < -0.4 is 10.1 Å². The number of hydrogen-bond donors (Lipinski definition) is 2. The summed E-state index contributed by atoms with van der Waals surface area (Å²) in [7, 11) is 0. The fourth-order valence-corrected chi connectivity index (χ4v) is 3.29. The number of fused-ring (bicyclic) bond motifs is 1. The Kier molecular flexibility index (Phi) is 3.95. The number of ether oxygens (including phenoxy) is 1. The summed E-state index contributed by atoms with van der Waals surface area (Å²) in [5.41, 5.74) is 0.0649. The van der Waals surface area contributed by atoms with Crippen molar-refractivity contribution in [3.05, 3.63) is 23.8 Å². The molecule has 128 valence electrons. The lowest BCUT2D eigenvalue weighted by atomic mass is 9.76. The van der Waals surface area contributed by atoms with E-state index in [1.807, 2.05) is 13.8 Å². The number of amides is 2. The van der Waals surface area contributed by atoms with Gasteiger partial charge in [0.2, 0.25) is 0 Å². The van der Waals surface area contributed by atoms with Gasteiger partial charge in [-0.05, 0) is 30.5 Å². The third kappa shape index (κ3) is 2.60. The van der Waals surface area contributed by atoms with Crippen LogP contribution in [0.5, 0.6) is 5.75 Å². The molecule has 1 fully saturated rings. The Bertz CT molecular complexity index is 715. The van der Waals surface area contributed by atoms with Crippen LogP contribution in [0.4, 0.5) is 5.69 Å². The zero-order valence-electron chi connectivity index (χ0n) is 13.7. The molecule has 3 rings (SSSR count). The van der Waals surface area contributed by atoms with E-state index in [1.165, 1.54) is 0 Å². The summed E-state index contributed by atoms with van der Waals surface area (Å²) in [6, 6.07) is 4.84. The van der Waals surface area contributed by atoms with Crippen LogP contribution in [0.2, 0.25) is 0 Å². The number of aliphatic carboxylic acids is 1. The van der Waals surface area contributed by atoms with Gasteiger partial charge in [0, 0.05) is 18.7 Å². The summed E-state index contributed by atoms with van der Waals surface area (Å²) >= 11 is 0. The summed E-state index contributed by atoms with van der Waals surface area (Å²) in [6.45, 7) is 4.28. The van der Waals surface area contributed by atoms with Crippen molar-refractivity contribution in [2.75, 3.05) is 25.0 Å². The van der Waals surface area contributed by atoms with Crippen molar-refractivity contribution in [3.63, 3.8) is 0 Å². The Morgan fingerprint density at radius 2 is 2.12 bits per heavy atom. The Morgan fingerprint density at radius 1 is 1.38 bits per heavy atom. The zero-order chi connectivity index (χ0) is 17.5. The molecule has 0 spiro atoms. The molecule has 2 heterocycles. The zero-order valence-corrected chi connectivity index (χ0v) is 13.7. The summed E-state index contributed by atoms with van der Waals surface area (Å²) in [5, 5.41) is 12.3. The largest absolute Gasteiger partial charge is 0.482 e. The third-order valence-corrected chi connectivity index (χ3v) is 4.98. The SMILES string of the molecule is CC(C)C1(C(=O)O)CCN(C(=O)c2ccc3c(c2)OCC(=O)N3)C1. The number of carbonyl (C=O) groups is 3. The van der Waals surface area contributed by atoms with Crippen molar-refractivity contribution in [2.24, 2.45) is 11.3 Å². The Labute approximate surface area is 139 Å². The normalized spacial score (nSPS) is 22.8. The van der Waals surface area contributed by atoms with Gasteiger partial charge in [-0.1, -0.05) is 13.8 Å². The van der Waals surface area contributed by atoms with E-state index in [0.717, 1.165) is 0 Å². The number of carboxylic acid groups (broad SMARTS) is 1. The van der Waals surface area contributed by atoms with Crippen molar-refractivity contribution in [2.45, 2.75) is 20.3 Å². The maximum Gasteiger partial charge on any atom is 0.311 e. The summed E-state index contributed by atoms with van der Waals surface area (Å²) in [4.78, 5) is 37.3. The van der Waals surface area contributed by atoms with E-state index in [0.29, 0.717) is 30.0 Å². The minimum Gasteiger partial charge on any atom is -0.482 e. The van der Waals surface area contributed by atoms with E-state index in [4.69, 9.17) is 4.74 Å². The highest BCUT2D eigenvalue weighted by molar-refractivity contribution is 5.99. The van der Waals surface area contributed by atoms with Gasteiger partial charge in [-0.25, -0.2) is 0 Å². The van der Waals surface area contributed by atoms with Gasteiger partial charge in [0.25, 0.3) is 11.8 Å². The van der Waals surface area contributed by atoms with Gasteiger partial charge in [-0.3, -0.25) is 14.4 Å². The Balaban J connectivity index is 1.81. The van der Waals surface area contributed by atoms with Crippen LogP contribution in [0.3, 0.4) is 0 Å². The van der Waals surface area contributed by atoms with Gasteiger partial charge in [-0.15, -0.1) is 0 Å². The summed E-state index contributed by atoms with van der Waals surface area (Å²) < 4.78 is 5.33. The predicted octanol–water partition coefficient (Wildman–Crippen LogP) is 1.59. The first-order valence-corrected chi connectivity index (χ1v) is 7.93. The molecule has 1 saturated heterocycles. The first kappa shape index (κ1) is 16.3. The molecule has 7 heteroatoms. The van der Waals surface area contributed by atoms with Crippen LogP contribution >= 0.6 is 0 Å². The number of benzene rings is 1. The smallest absolute Gasteiger partial charge is 0.311 e. The van der Waals surface area contributed by atoms with E-state index in [9.17, 15) is 19.5 Å².